The van der Waals surface area contributed by atoms with E-state index in [0.29, 0.717) is 0 Å². The minimum absolute atomic E-state index is 0.171. The number of nitrogens with zero attached hydrogens (tertiary/aromatic N) is 1. The number of hydrogen-bond donors (Lipinski definition) is 1. The van der Waals surface area contributed by atoms with Gasteiger partial charge in [0.25, 0.3) is 0 Å². The number of fused-ring (bicyclic) bond motifs is 1. The van der Waals surface area contributed by atoms with E-state index in [2.05, 4.69) is 19.1 Å². The summed E-state index contributed by atoms with van der Waals surface area (Å²) >= 11 is 1.74. The molecule has 0 aliphatic heterocycles. The first-order valence-electron chi connectivity index (χ1n) is 7.26. The number of benzene rings is 1. The Hall–Kier alpha value is -1.39. The van der Waals surface area contributed by atoms with E-state index in [1.807, 2.05) is 12.1 Å². The fourth-order valence-electron chi connectivity index (χ4n) is 2.52. The van der Waals surface area contributed by atoms with Crippen molar-refractivity contribution >= 4 is 11.3 Å². The van der Waals surface area contributed by atoms with Crippen molar-refractivity contribution in [2.45, 2.75) is 38.6 Å². The normalized spacial score (nSPS) is 17.8. The van der Waals surface area contributed by atoms with Gasteiger partial charge in [0, 0.05) is 16.5 Å². The molecule has 2 N–H and O–H groups in total. The molecular formula is C16H20N2OS. The molecule has 0 radical (unpaired) electrons. The Morgan fingerprint density at radius 3 is 3.15 bits per heavy atom. The molecule has 1 aromatic carbocycles. The third-order valence-electron chi connectivity index (χ3n) is 3.55. The van der Waals surface area contributed by atoms with Crippen LogP contribution in [0.2, 0.25) is 0 Å². The summed E-state index contributed by atoms with van der Waals surface area (Å²) in [6, 6.07) is 8.36. The molecule has 20 heavy (non-hydrogen) atoms. The Labute approximate surface area is 123 Å². The van der Waals surface area contributed by atoms with Crippen molar-refractivity contribution in [1.82, 2.24) is 4.98 Å². The van der Waals surface area contributed by atoms with Gasteiger partial charge in [0.15, 0.2) is 0 Å². The van der Waals surface area contributed by atoms with E-state index >= 15 is 0 Å². The lowest BCUT2D eigenvalue weighted by Crippen LogP contribution is -2.15. The van der Waals surface area contributed by atoms with Gasteiger partial charge >= 0.3 is 0 Å². The Morgan fingerprint density at radius 2 is 2.35 bits per heavy atom. The van der Waals surface area contributed by atoms with Gasteiger partial charge < -0.3 is 10.5 Å². The molecule has 1 heterocycles. The van der Waals surface area contributed by atoms with Crippen LogP contribution in [0.1, 0.15) is 42.8 Å². The summed E-state index contributed by atoms with van der Waals surface area (Å²) in [5, 5.41) is 1.06. The molecule has 2 aromatic rings. The van der Waals surface area contributed by atoms with Gasteiger partial charge in [-0.05, 0) is 37.8 Å². The second-order valence-corrected chi connectivity index (χ2v) is 6.24. The standard InChI is InChI=1S/C16H20N2OS/c1-2-9-19-12-6-3-5-11(10-12)16-18-14-8-4-7-13(17)15(14)20-16/h3,5-6,10,13H,2,4,7-9,17H2,1H3. The lowest BCUT2D eigenvalue weighted by molar-refractivity contribution is 0.317. The molecule has 1 unspecified atom stereocenters. The summed E-state index contributed by atoms with van der Waals surface area (Å²) in [5.74, 6) is 0.918. The molecule has 0 spiro atoms. The minimum Gasteiger partial charge on any atom is -0.494 e. The van der Waals surface area contributed by atoms with Crippen LogP contribution in [-0.2, 0) is 6.42 Å². The zero-order valence-electron chi connectivity index (χ0n) is 11.8. The average molecular weight is 288 g/mol. The van der Waals surface area contributed by atoms with Gasteiger partial charge in [-0.15, -0.1) is 11.3 Å². The Bertz CT molecular complexity index is 594. The summed E-state index contributed by atoms with van der Waals surface area (Å²) < 4.78 is 5.69. The first-order valence-corrected chi connectivity index (χ1v) is 8.08. The van der Waals surface area contributed by atoms with Crippen molar-refractivity contribution < 1.29 is 4.74 Å². The van der Waals surface area contributed by atoms with Gasteiger partial charge in [-0.2, -0.15) is 0 Å². The zero-order valence-corrected chi connectivity index (χ0v) is 12.6. The molecule has 1 aliphatic carbocycles. The monoisotopic (exact) mass is 288 g/mol. The largest absolute Gasteiger partial charge is 0.494 e. The van der Waals surface area contributed by atoms with Crippen molar-refractivity contribution in [2.75, 3.05) is 6.61 Å². The first-order chi connectivity index (χ1) is 9.78. The van der Waals surface area contributed by atoms with Crippen LogP contribution in [0.15, 0.2) is 24.3 Å². The van der Waals surface area contributed by atoms with E-state index in [1.54, 1.807) is 11.3 Å². The van der Waals surface area contributed by atoms with Crippen LogP contribution >= 0.6 is 11.3 Å². The molecule has 0 amide bonds. The maximum atomic E-state index is 6.18. The SMILES string of the molecule is CCCOc1cccc(-c2nc3c(s2)C(N)CCC3)c1. The highest BCUT2D eigenvalue weighted by Crippen LogP contribution is 2.37. The molecule has 0 fully saturated rings. The van der Waals surface area contributed by atoms with E-state index in [-0.39, 0.29) is 6.04 Å². The summed E-state index contributed by atoms with van der Waals surface area (Å²) in [7, 11) is 0. The Balaban J connectivity index is 1.89. The minimum atomic E-state index is 0.171. The topological polar surface area (TPSA) is 48.1 Å². The number of nitrogens with two attached hydrogens (primary N) is 1. The van der Waals surface area contributed by atoms with Crippen LogP contribution in [0, 0.1) is 0 Å². The molecule has 1 aliphatic rings. The van der Waals surface area contributed by atoms with E-state index in [4.69, 9.17) is 15.5 Å². The van der Waals surface area contributed by atoms with Gasteiger partial charge in [0.05, 0.1) is 12.3 Å². The second-order valence-electron chi connectivity index (χ2n) is 5.20. The maximum absolute atomic E-state index is 6.18. The number of rotatable bonds is 4. The molecule has 3 nitrogen and oxygen atoms in total. The van der Waals surface area contributed by atoms with Gasteiger partial charge in [-0.1, -0.05) is 19.1 Å². The van der Waals surface area contributed by atoms with Gasteiger partial charge in [0.1, 0.15) is 10.8 Å². The van der Waals surface area contributed by atoms with Crippen LogP contribution in [-0.4, -0.2) is 11.6 Å². The first kappa shape index (κ1) is 13.6. The molecule has 3 rings (SSSR count). The number of aryl methyl sites for hydroxylation is 1. The van der Waals surface area contributed by atoms with Crippen LogP contribution < -0.4 is 10.5 Å². The highest BCUT2D eigenvalue weighted by molar-refractivity contribution is 7.15. The lowest BCUT2D eigenvalue weighted by Gasteiger charge is -2.15. The van der Waals surface area contributed by atoms with Gasteiger partial charge in [-0.25, -0.2) is 4.98 Å². The average Bonchev–Trinajstić information content (AvgIpc) is 2.91. The Kier molecular flexibility index (Phi) is 4.03. The molecule has 0 saturated heterocycles. The van der Waals surface area contributed by atoms with E-state index in [1.165, 1.54) is 10.6 Å². The smallest absolute Gasteiger partial charge is 0.124 e. The third-order valence-corrected chi connectivity index (χ3v) is 4.83. The molecule has 0 saturated carbocycles. The highest BCUT2D eigenvalue weighted by atomic mass is 32.1. The Morgan fingerprint density at radius 1 is 1.45 bits per heavy atom. The van der Waals surface area contributed by atoms with E-state index in [0.717, 1.165) is 48.6 Å². The lowest BCUT2D eigenvalue weighted by atomic mass is 9.99. The molecule has 1 atom stereocenters. The molecule has 106 valence electrons. The highest BCUT2D eigenvalue weighted by Gasteiger charge is 2.22. The molecular weight excluding hydrogens is 268 g/mol. The molecule has 0 bridgehead atoms. The summed E-state index contributed by atoms with van der Waals surface area (Å²) in [6.45, 7) is 2.86. The second kappa shape index (κ2) is 5.94. The third kappa shape index (κ3) is 2.72. The van der Waals surface area contributed by atoms with Crippen LogP contribution in [0.25, 0.3) is 10.6 Å². The van der Waals surface area contributed by atoms with Crippen molar-refractivity contribution in [3.63, 3.8) is 0 Å². The predicted octanol–water partition coefficient (Wildman–Crippen LogP) is 3.94. The van der Waals surface area contributed by atoms with Crippen LogP contribution in [0.5, 0.6) is 5.75 Å². The van der Waals surface area contributed by atoms with E-state index < -0.39 is 0 Å². The van der Waals surface area contributed by atoms with Gasteiger partial charge in [0.2, 0.25) is 0 Å². The summed E-state index contributed by atoms with van der Waals surface area (Å²) in [5.41, 5.74) is 8.51. The maximum Gasteiger partial charge on any atom is 0.124 e. The number of hydrogen-bond acceptors (Lipinski definition) is 4. The van der Waals surface area contributed by atoms with Crippen LogP contribution in [0.3, 0.4) is 0 Å². The van der Waals surface area contributed by atoms with Crippen molar-refractivity contribution in [1.29, 1.82) is 0 Å². The molecule has 4 heteroatoms. The predicted molar refractivity (Wildman–Crippen MR) is 83.2 cm³/mol. The number of aromatic nitrogens is 1. The van der Waals surface area contributed by atoms with Crippen molar-refractivity contribution in [3.05, 3.63) is 34.8 Å². The van der Waals surface area contributed by atoms with Crippen molar-refractivity contribution in [3.8, 4) is 16.3 Å². The molecule has 1 aromatic heterocycles. The zero-order chi connectivity index (χ0) is 13.9. The van der Waals surface area contributed by atoms with Gasteiger partial charge in [-0.3, -0.25) is 0 Å². The van der Waals surface area contributed by atoms with Crippen molar-refractivity contribution in [2.24, 2.45) is 5.73 Å². The fourth-order valence-corrected chi connectivity index (χ4v) is 3.66. The quantitative estimate of drug-likeness (QED) is 0.927. The van der Waals surface area contributed by atoms with E-state index in [9.17, 15) is 0 Å². The summed E-state index contributed by atoms with van der Waals surface area (Å²) in [4.78, 5) is 6.05. The van der Waals surface area contributed by atoms with Crippen LogP contribution in [0.4, 0.5) is 0 Å². The number of thiazole rings is 1. The fraction of sp³-hybridized carbons (Fsp3) is 0.438. The summed E-state index contributed by atoms with van der Waals surface area (Å²) in [6.07, 6.45) is 4.31. The number of ether oxygens (including phenoxy) is 1.